The largest absolute Gasteiger partial charge is 0.490 e. The Morgan fingerprint density at radius 1 is 1.35 bits per heavy atom. The van der Waals surface area contributed by atoms with Gasteiger partial charge in [0.15, 0.2) is 17.3 Å². The number of carbonyl (C=O) groups excluding carboxylic acids is 2. The Balaban J connectivity index is 2.13. The molecule has 1 heterocycles. The third kappa shape index (κ3) is 3.33. The van der Waals surface area contributed by atoms with Crippen molar-refractivity contribution in [3.05, 3.63) is 39.7 Å². The maximum absolute atomic E-state index is 13.2. The summed E-state index contributed by atoms with van der Waals surface area (Å²) in [5.74, 6) is 0.964. The van der Waals surface area contributed by atoms with Gasteiger partial charge < -0.3 is 14.0 Å². The van der Waals surface area contributed by atoms with Gasteiger partial charge in [0.2, 0.25) is 0 Å². The van der Waals surface area contributed by atoms with Gasteiger partial charge in [0.05, 0.1) is 35.5 Å². The first kappa shape index (κ1) is 18.4. The lowest BCUT2D eigenvalue weighted by molar-refractivity contribution is 0.103. The molecule has 1 aromatic heterocycles. The van der Waals surface area contributed by atoms with Crippen molar-refractivity contribution in [1.82, 2.24) is 5.16 Å². The van der Waals surface area contributed by atoms with Crippen LogP contribution in [0.2, 0.25) is 0 Å². The monoisotopic (exact) mass is 422 g/mol. The lowest BCUT2D eigenvalue weighted by atomic mass is 10.00. The number of methoxy groups -OCH3 is 1. The van der Waals surface area contributed by atoms with Gasteiger partial charge in [-0.1, -0.05) is 5.16 Å². The van der Waals surface area contributed by atoms with E-state index in [-0.39, 0.29) is 11.7 Å². The van der Waals surface area contributed by atoms with E-state index in [1.807, 2.05) is 6.92 Å². The number of ether oxygens (including phenoxy) is 2. The minimum absolute atomic E-state index is 0.236. The highest BCUT2D eigenvalue weighted by Gasteiger charge is 2.34. The molecule has 0 radical (unpaired) electrons. The number of halogens is 1. The molecule has 0 saturated heterocycles. The van der Waals surface area contributed by atoms with Crippen molar-refractivity contribution in [2.24, 2.45) is 0 Å². The highest BCUT2D eigenvalue weighted by Crippen LogP contribution is 2.44. The topological polar surface area (TPSA) is 81.9 Å². The summed E-state index contributed by atoms with van der Waals surface area (Å²) in [7, 11) is 2.81. The summed E-state index contributed by atoms with van der Waals surface area (Å²) in [5, 5.41) is 3.79. The zero-order chi connectivity index (χ0) is 18.8. The number of amides is 1. The van der Waals surface area contributed by atoms with Crippen LogP contribution in [0.3, 0.4) is 0 Å². The molecule has 8 heteroatoms. The molecule has 1 aromatic carbocycles. The number of ketones is 1. The van der Waals surface area contributed by atoms with Gasteiger partial charge in [0.25, 0.3) is 0 Å². The second-order valence-corrected chi connectivity index (χ2v) is 6.80. The number of nitrogens with zero attached hydrogens (tertiary/aromatic N) is 2. The normalized spacial score (nSPS) is 13.4. The Kier molecular flexibility index (Phi) is 5.31. The van der Waals surface area contributed by atoms with Crippen LogP contribution in [0.4, 0.5) is 10.5 Å². The predicted molar refractivity (Wildman–Crippen MR) is 98.0 cm³/mol. The van der Waals surface area contributed by atoms with Gasteiger partial charge >= 0.3 is 6.09 Å². The quantitative estimate of drug-likeness (QED) is 0.650. The van der Waals surface area contributed by atoms with E-state index in [2.05, 4.69) is 21.1 Å². The molecule has 1 aliphatic carbocycles. The number of hydrogen-bond donors (Lipinski definition) is 0. The Morgan fingerprint density at radius 3 is 2.69 bits per heavy atom. The lowest BCUT2D eigenvalue weighted by Gasteiger charge is -2.23. The average Bonchev–Trinajstić information content (AvgIpc) is 3.38. The number of aromatic nitrogens is 1. The zero-order valence-corrected chi connectivity index (χ0v) is 16.3. The molecule has 7 nitrogen and oxygen atoms in total. The van der Waals surface area contributed by atoms with Crippen LogP contribution in [-0.4, -0.2) is 37.8 Å². The Hall–Kier alpha value is -2.35. The van der Waals surface area contributed by atoms with E-state index in [0.29, 0.717) is 39.4 Å². The Labute approximate surface area is 159 Å². The summed E-state index contributed by atoms with van der Waals surface area (Å²) < 4.78 is 16.4. The number of carbonyl (C=O) groups is 2. The minimum Gasteiger partial charge on any atom is -0.490 e. The molecule has 26 heavy (non-hydrogen) atoms. The molecular weight excluding hydrogens is 404 g/mol. The van der Waals surface area contributed by atoms with Gasteiger partial charge in [-0.05, 0) is 47.8 Å². The summed E-state index contributed by atoms with van der Waals surface area (Å²) in [6.45, 7) is 2.20. The van der Waals surface area contributed by atoms with Crippen molar-refractivity contribution in [1.29, 1.82) is 0 Å². The number of anilines is 1. The second kappa shape index (κ2) is 7.49. The maximum Gasteiger partial charge on any atom is 0.413 e. The summed E-state index contributed by atoms with van der Waals surface area (Å²) in [4.78, 5) is 26.6. The molecule has 0 unspecified atom stereocenters. The van der Waals surface area contributed by atoms with Gasteiger partial charge in [0, 0.05) is 13.0 Å². The SMILES string of the molecule is CCOc1c(Br)ccc(C(=O)c2cnoc2C2CC2)c1N(C)C(=O)OC. The van der Waals surface area contributed by atoms with E-state index in [9.17, 15) is 9.59 Å². The van der Waals surface area contributed by atoms with Crippen LogP contribution < -0.4 is 9.64 Å². The standard InChI is InChI=1S/C18H19BrN2O5/c1-4-25-17-13(19)8-7-11(14(17)21(2)18(23)24-3)15(22)12-9-20-26-16(12)10-5-6-10/h7-10H,4-6H2,1-3H3. The van der Waals surface area contributed by atoms with Crippen LogP contribution in [0.15, 0.2) is 27.3 Å². The second-order valence-electron chi connectivity index (χ2n) is 5.94. The van der Waals surface area contributed by atoms with E-state index in [0.717, 1.165) is 12.8 Å². The molecule has 0 bridgehead atoms. The van der Waals surface area contributed by atoms with Crippen molar-refractivity contribution in [2.75, 3.05) is 25.7 Å². The molecule has 0 N–H and O–H groups in total. The van der Waals surface area contributed by atoms with E-state index in [4.69, 9.17) is 14.0 Å². The Bertz CT molecular complexity index is 844. The fourth-order valence-corrected chi connectivity index (χ4v) is 3.21. The predicted octanol–water partition coefficient (Wildman–Crippen LogP) is 4.15. The molecule has 1 fully saturated rings. The maximum atomic E-state index is 13.2. The Morgan fingerprint density at radius 2 is 2.08 bits per heavy atom. The molecule has 0 atom stereocenters. The fourth-order valence-electron chi connectivity index (χ4n) is 2.78. The highest BCUT2D eigenvalue weighted by atomic mass is 79.9. The van der Waals surface area contributed by atoms with E-state index in [1.54, 1.807) is 12.1 Å². The molecule has 1 saturated carbocycles. The molecule has 2 aromatic rings. The van der Waals surface area contributed by atoms with E-state index < -0.39 is 6.09 Å². The van der Waals surface area contributed by atoms with Crippen LogP contribution in [0.25, 0.3) is 0 Å². The zero-order valence-electron chi connectivity index (χ0n) is 14.7. The van der Waals surface area contributed by atoms with Crippen molar-refractivity contribution in [3.63, 3.8) is 0 Å². The van der Waals surface area contributed by atoms with Crippen LogP contribution >= 0.6 is 15.9 Å². The molecule has 1 aliphatic rings. The highest BCUT2D eigenvalue weighted by molar-refractivity contribution is 9.10. The molecular formula is C18H19BrN2O5. The van der Waals surface area contributed by atoms with Crippen LogP contribution in [0.1, 0.15) is 47.4 Å². The number of hydrogen-bond acceptors (Lipinski definition) is 6. The third-order valence-electron chi connectivity index (χ3n) is 4.19. The first-order valence-electron chi connectivity index (χ1n) is 8.25. The molecule has 0 aliphatic heterocycles. The van der Waals surface area contributed by atoms with Gasteiger partial charge in [0.1, 0.15) is 5.69 Å². The molecule has 0 spiro atoms. The van der Waals surface area contributed by atoms with E-state index in [1.165, 1.54) is 25.3 Å². The van der Waals surface area contributed by atoms with Crippen molar-refractivity contribution in [3.8, 4) is 5.75 Å². The average molecular weight is 423 g/mol. The molecule has 1 amide bonds. The van der Waals surface area contributed by atoms with Crippen molar-refractivity contribution < 1.29 is 23.6 Å². The summed E-state index contributed by atoms with van der Waals surface area (Å²) in [6.07, 6.45) is 2.79. The van der Waals surface area contributed by atoms with Gasteiger partial charge in [-0.25, -0.2) is 4.79 Å². The van der Waals surface area contributed by atoms with Crippen LogP contribution in [0, 0.1) is 0 Å². The third-order valence-corrected chi connectivity index (χ3v) is 4.82. The van der Waals surface area contributed by atoms with Crippen molar-refractivity contribution in [2.45, 2.75) is 25.7 Å². The van der Waals surface area contributed by atoms with Gasteiger partial charge in [-0.2, -0.15) is 0 Å². The molecule has 3 rings (SSSR count). The minimum atomic E-state index is -0.606. The number of rotatable bonds is 6. The number of benzene rings is 1. The van der Waals surface area contributed by atoms with Gasteiger partial charge in [-0.15, -0.1) is 0 Å². The smallest absolute Gasteiger partial charge is 0.413 e. The first-order valence-corrected chi connectivity index (χ1v) is 9.05. The molecule has 138 valence electrons. The first-order chi connectivity index (χ1) is 12.5. The van der Waals surface area contributed by atoms with Gasteiger partial charge in [-0.3, -0.25) is 9.69 Å². The van der Waals surface area contributed by atoms with Crippen LogP contribution in [-0.2, 0) is 4.74 Å². The summed E-state index contributed by atoms with van der Waals surface area (Å²) in [6, 6.07) is 3.37. The van der Waals surface area contributed by atoms with E-state index >= 15 is 0 Å². The summed E-state index contributed by atoms with van der Waals surface area (Å²) >= 11 is 3.42. The lowest BCUT2D eigenvalue weighted by Crippen LogP contribution is -2.28. The van der Waals surface area contributed by atoms with Crippen molar-refractivity contribution >= 4 is 33.5 Å². The summed E-state index contributed by atoms with van der Waals surface area (Å²) in [5.41, 5.74) is 1.06. The fraction of sp³-hybridized carbons (Fsp3) is 0.389. The van der Waals surface area contributed by atoms with Crippen LogP contribution in [0.5, 0.6) is 5.75 Å².